The van der Waals surface area contributed by atoms with Crippen LogP contribution in [-0.2, 0) is 11.3 Å². The van der Waals surface area contributed by atoms with Crippen LogP contribution < -0.4 is 10.5 Å². The van der Waals surface area contributed by atoms with Crippen molar-refractivity contribution in [1.29, 1.82) is 5.26 Å². The number of nitriles is 1. The van der Waals surface area contributed by atoms with Crippen molar-refractivity contribution in [2.45, 2.75) is 19.4 Å². The summed E-state index contributed by atoms with van der Waals surface area (Å²) in [5.41, 5.74) is 1.53. The van der Waals surface area contributed by atoms with Crippen LogP contribution in [0, 0.1) is 11.3 Å². The molecule has 1 heterocycles. The van der Waals surface area contributed by atoms with Gasteiger partial charge in [0.1, 0.15) is 11.8 Å². The van der Waals surface area contributed by atoms with Gasteiger partial charge in [-0.3, -0.25) is 9.36 Å². The SMILES string of the molecule is N#Cc1ccccc1OC(=O)CCCn1c(=O)oc2ccccc21. The number of oxazole rings is 1. The van der Waals surface area contributed by atoms with Gasteiger partial charge in [0, 0.05) is 13.0 Å². The van der Waals surface area contributed by atoms with E-state index in [1.54, 1.807) is 42.5 Å². The van der Waals surface area contributed by atoms with Crippen LogP contribution in [0.1, 0.15) is 18.4 Å². The molecule has 0 bridgehead atoms. The predicted molar refractivity (Wildman–Crippen MR) is 86.5 cm³/mol. The average molecular weight is 322 g/mol. The van der Waals surface area contributed by atoms with Crippen LogP contribution in [0.4, 0.5) is 0 Å². The van der Waals surface area contributed by atoms with Gasteiger partial charge in [-0.25, -0.2) is 4.79 Å². The first-order valence-corrected chi connectivity index (χ1v) is 7.47. The highest BCUT2D eigenvalue weighted by molar-refractivity contribution is 5.74. The summed E-state index contributed by atoms with van der Waals surface area (Å²) in [6.45, 7) is 0.352. The third-order valence-electron chi connectivity index (χ3n) is 3.57. The van der Waals surface area contributed by atoms with Crippen molar-refractivity contribution in [2.24, 2.45) is 0 Å². The predicted octanol–water partition coefficient (Wildman–Crippen LogP) is 2.85. The zero-order valence-corrected chi connectivity index (χ0v) is 12.8. The summed E-state index contributed by atoms with van der Waals surface area (Å²) in [5, 5.41) is 8.97. The molecule has 3 aromatic rings. The topological polar surface area (TPSA) is 85.2 Å². The van der Waals surface area contributed by atoms with Crippen molar-refractivity contribution < 1.29 is 13.9 Å². The minimum Gasteiger partial charge on any atom is -0.425 e. The molecule has 0 fully saturated rings. The number of rotatable bonds is 5. The number of hydrogen-bond donors (Lipinski definition) is 0. The molecule has 0 saturated carbocycles. The summed E-state index contributed by atoms with van der Waals surface area (Å²) < 4.78 is 11.8. The number of benzene rings is 2. The van der Waals surface area contributed by atoms with Crippen LogP contribution in [0.5, 0.6) is 5.75 Å². The third-order valence-corrected chi connectivity index (χ3v) is 3.57. The Hall–Kier alpha value is -3.33. The molecule has 24 heavy (non-hydrogen) atoms. The van der Waals surface area contributed by atoms with E-state index in [4.69, 9.17) is 14.4 Å². The van der Waals surface area contributed by atoms with Gasteiger partial charge in [0.15, 0.2) is 5.58 Å². The molecule has 1 aromatic heterocycles. The first-order chi connectivity index (χ1) is 11.7. The highest BCUT2D eigenvalue weighted by atomic mass is 16.5. The van der Waals surface area contributed by atoms with Crippen LogP contribution in [0.2, 0.25) is 0 Å². The summed E-state index contributed by atoms with van der Waals surface area (Å²) in [6.07, 6.45) is 0.558. The molecule has 0 radical (unpaired) electrons. The molecule has 0 spiro atoms. The zero-order valence-electron chi connectivity index (χ0n) is 12.8. The lowest BCUT2D eigenvalue weighted by Crippen LogP contribution is -2.16. The number of esters is 1. The standard InChI is InChI=1S/C18H14N2O4/c19-12-13-6-1-3-8-15(13)23-17(21)10-5-11-20-14-7-2-4-9-16(14)24-18(20)22/h1-4,6-9H,5,10-11H2. The molecule has 0 atom stereocenters. The quantitative estimate of drug-likeness (QED) is 0.532. The minimum atomic E-state index is -0.446. The molecule has 0 N–H and O–H groups in total. The Morgan fingerprint density at radius 2 is 1.92 bits per heavy atom. The van der Waals surface area contributed by atoms with Gasteiger partial charge in [0.05, 0.1) is 11.1 Å². The second-order valence-electron chi connectivity index (χ2n) is 5.17. The summed E-state index contributed by atoms with van der Waals surface area (Å²) in [7, 11) is 0. The van der Waals surface area contributed by atoms with E-state index in [0.29, 0.717) is 29.6 Å². The maximum atomic E-state index is 11.9. The molecule has 2 aromatic carbocycles. The molecular weight excluding hydrogens is 308 g/mol. The van der Waals surface area contributed by atoms with Crippen molar-refractivity contribution >= 4 is 17.1 Å². The summed E-state index contributed by atoms with van der Waals surface area (Å²) in [4.78, 5) is 23.7. The Morgan fingerprint density at radius 3 is 2.75 bits per heavy atom. The van der Waals surface area contributed by atoms with Crippen molar-refractivity contribution in [3.05, 3.63) is 64.6 Å². The maximum absolute atomic E-state index is 11.9. The lowest BCUT2D eigenvalue weighted by molar-refractivity contribution is -0.134. The number of aromatic nitrogens is 1. The van der Waals surface area contributed by atoms with Crippen molar-refractivity contribution in [3.8, 4) is 11.8 Å². The van der Waals surface area contributed by atoms with Gasteiger partial charge in [-0.05, 0) is 30.7 Å². The number of aryl methyl sites for hydroxylation is 1. The zero-order chi connectivity index (χ0) is 16.9. The fourth-order valence-corrected chi connectivity index (χ4v) is 2.43. The minimum absolute atomic E-state index is 0.131. The fourth-order valence-electron chi connectivity index (χ4n) is 2.43. The second kappa shape index (κ2) is 6.84. The number of hydrogen-bond acceptors (Lipinski definition) is 5. The van der Waals surface area contributed by atoms with Gasteiger partial charge in [-0.2, -0.15) is 5.26 Å². The molecule has 0 unspecified atom stereocenters. The van der Waals surface area contributed by atoms with Crippen LogP contribution in [0.3, 0.4) is 0 Å². The molecule has 0 aliphatic carbocycles. The Morgan fingerprint density at radius 1 is 1.17 bits per heavy atom. The first-order valence-electron chi connectivity index (χ1n) is 7.47. The average Bonchev–Trinajstić information content (AvgIpc) is 2.91. The molecule has 120 valence electrons. The summed E-state index contributed by atoms with van der Waals surface area (Å²) in [5.74, 6) is -0.645. The Balaban J connectivity index is 1.62. The highest BCUT2D eigenvalue weighted by Crippen LogP contribution is 2.17. The molecule has 0 saturated heterocycles. The van der Waals surface area contributed by atoms with Crippen molar-refractivity contribution in [1.82, 2.24) is 4.57 Å². The fraction of sp³-hybridized carbons (Fsp3) is 0.167. The van der Waals surface area contributed by atoms with E-state index in [1.807, 2.05) is 12.1 Å². The van der Waals surface area contributed by atoms with E-state index in [2.05, 4.69) is 0 Å². The third kappa shape index (κ3) is 3.20. The largest absolute Gasteiger partial charge is 0.425 e. The van der Waals surface area contributed by atoms with E-state index < -0.39 is 11.7 Å². The molecule has 0 aliphatic heterocycles. The molecule has 3 rings (SSSR count). The Bertz CT molecular complexity index is 978. The van der Waals surface area contributed by atoms with E-state index in [-0.39, 0.29) is 12.2 Å². The van der Waals surface area contributed by atoms with E-state index >= 15 is 0 Å². The first kappa shape index (κ1) is 15.6. The van der Waals surface area contributed by atoms with Gasteiger partial charge in [-0.15, -0.1) is 0 Å². The number of carbonyl (C=O) groups excluding carboxylic acids is 1. The van der Waals surface area contributed by atoms with Gasteiger partial charge >= 0.3 is 11.7 Å². The number of fused-ring (bicyclic) bond motifs is 1. The molecular formula is C18H14N2O4. The number of ether oxygens (including phenoxy) is 1. The molecule has 6 heteroatoms. The van der Waals surface area contributed by atoms with Crippen molar-refractivity contribution in [3.63, 3.8) is 0 Å². The summed E-state index contributed by atoms with van der Waals surface area (Å²) in [6, 6.07) is 15.7. The Kier molecular flexibility index (Phi) is 4.43. The van der Waals surface area contributed by atoms with E-state index in [1.165, 1.54) is 4.57 Å². The Labute approximate surface area is 137 Å². The van der Waals surface area contributed by atoms with Crippen LogP contribution in [0.15, 0.2) is 57.7 Å². The lowest BCUT2D eigenvalue weighted by atomic mass is 10.2. The maximum Gasteiger partial charge on any atom is 0.419 e. The lowest BCUT2D eigenvalue weighted by Gasteiger charge is -2.06. The van der Waals surface area contributed by atoms with Crippen LogP contribution in [-0.4, -0.2) is 10.5 Å². The van der Waals surface area contributed by atoms with Crippen molar-refractivity contribution in [2.75, 3.05) is 0 Å². The van der Waals surface area contributed by atoms with Crippen LogP contribution in [0.25, 0.3) is 11.1 Å². The van der Waals surface area contributed by atoms with Gasteiger partial charge in [-0.1, -0.05) is 24.3 Å². The highest BCUT2D eigenvalue weighted by Gasteiger charge is 2.11. The number of para-hydroxylation sites is 3. The van der Waals surface area contributed by atoms with Gasteiger partial charge < -0.3 is 9.15 Å². The number of carbonyl (C=O) groups is 1. The molecule has 6 nitrogen and oxygen atoms in total. The van der Waals surface area contributed by atoms with Crippen LogP contribution >= 0.6 is 0 Å². The van der Waals surface area contributed by atoms with E-state index in [0.717, 1.165) is 0 Å². The molecule has 0 amide bonds. The normalized spacial score (nSPS) is 10.5. The van der Waals surface area contributed by atoms with Gasteiger partial charge in [0.2, 0.25) is 0 Å². The van der Waals surface area contributed by atoms with Gasteiger partial charge in [0.25, 0.3) is 0 Å². The van der Waals surface area contributed by atoms with E-state index in [9.17, 15) is 9.59 Å². The molecule has 0 aliphatic rings. The monoisotopic (exact) mass is 322 g/mol. The second-order valence-corrected chi connectivity index (χ2v) is 5.17. The summed E-state index contributed by atoms with van der Waals surface area (Å²) >= 11 is 0. The smallest absolute Gasteiger partial charge is 0.419 e. The number of nitrogens with zero attached hydrogens (tertiary/aromatic N) is 2.